The summed E-state index contributed by atoms with van der Waals surface area (Å²) in [5, 5.41) is 0. The van der Waals surface area contributed by atoms with E-state index in [1.54, 1.807) is 0 Å². The minimum absolute atomic E-state index is 0.812. The van der Waals surface area contributed by atoms with Crippen LogP contribution in [0.4, 0.5) is 28.4 Å². The van der Waals surface area contributed by atoms with Crippen LogP contribution in [0.2, 0.25) is 0 Å². The highest BCUT2D eigenvalue weighted by Crippen LogP contribution is 2.36. The summed E-state index contributed by atoms with van der Waals surface area (Å²) in [4.78, 5) is 4.65. The molecule has 7 aromatic rings. The monoisotopic (exact) mass is 578 g/mol. The first-order valence-electron chi connectivity index (χ1n) is 15.4. The molecule has 7 aromatic carbocycles. The Hall–Kier alpha value is -5.86. The molecule has 7 rings (SSSR count). The van der Waals surface area contributed by atoms with Gasteiger partial charge < -0.3 is 9.80 Å². The third kappa shape index (κ3) is 6.41. The molecule has 0 radical (unpaired) electrons. The van der Waals surface area contributed by atoms with Gasteiger partial charge in [0.25, 0.3) is 0 Å². The van der Waals surface area contributed by atoms with Crippen molar-refractivity contribution in [2.75, 3.05) is 9.80 Å². The largest absolute Gasteiger partial charge is 0.337 e. The molecule has 0 amide bonds. The highest BCUT2D eigenvalue weighted by molar-refractivity contribution is 5.79. The molecule has 0 aliphatic rings. The number of benzene rings is 7. The lowest BCUT2D eigenvalue weighted by Gasteiger charge is -2.25. The average molecular weight is 579 g/mol. The zero-order valence-corrected chi connectivity index (χ0v) is 25.1. The fourth-order valence-electron chi connectivity index (χ4n) is 5.80. The third-order valence-electron chi connectivity index (χ3n) is 8.14. The summed E-state index contributed by atoms with van der Waals surface area (Å²) in [5.74, 6) is 0. The van der Waals surface area contributed by atoms with Gasteiger partial charge in [0.2, 0.25) is 0 Å². The Morgan fingerprint density at radius 1 is 0.267 bits per heavy atom. The molecule has 0 saturated carbocycles. The van der Waals surface area contributed by atoms with Crippen molar-refractivity contribution in [2.45, 2.75) is 6.54 Å². The van der Waals surface area contributed by atoms with E-state index in [0.717, 1.165) is 23.6 Å². The van der Waals surface area contributed by atoms with Crippen molar-refractivity contribution in [1.29, 1.82) is 0 Å². The zero-order valence-electron chi connectivity index (χ0n) is 25.1. The molecule has 0 saturated heterocycles. The SMILES string of the molecule is c1ccc(CN(c2ccccc2)c2ccc(-c3ccc(-c4ccc(N(c5ccccc5)c5ccccc5)cc4)cc3)cc2)cc1. The van der Waals surface area contributed by atoms with Gasteiger partial charge in [0, 0.05) is 35.0 Å². The van der Waals surface area contributed by atoms with Gasteiger partial charge in [-0.25, -0.2) is 0 Å². The number of para-hydroxylation sites is 3. The molecule has 0 aliphatic carbocycles. The molecule has 2 heteroatoms. The van der Waals surface area contributed by atoms with E-state index in [4.69, 9.17) is 0 Å². The van der Waals surface area contributed by atoms with Gasteiger partial charge in [-0.1, -0.05) is 133 Å². The third-order valence-corrected chi connectivity index (χ3v) is 8.14. The molecule has 0 heterocycles. The van der Waals surface area contributed by atoms with Crippen molar-refractivity contribution in [2.24, 2.45) is 0 Å². The first kappa shape index (κ1) is 27.9. The minimum Gasteiger partial charge on any atom is -0.337 e. The van der Waals surface area contributed by atoms with Crippen LogP contribution >= 0.6 is 0 Å². The summed E-state index contributed by atoms with van der Waals surface area (Å²) in [5.41, 5.74) is 11.8. The van der Waals surface area contributed by atoms with Gasteiger partial charge in [0.1, 0.15) is 0 Å². The Morgan fingerprint density at radius 2 is 0.556 bits per heavy atom. The van der Waals surface area contributed by atoms with E-state index in [1.165, 1.54) is 39.2 Å². The van der Waals surface area contributed by atoms with Crippen LogP contribution in [0.1, 0.15) is 5.56 Å². The molecular weight excluding hydrogens is 544 g/mol. The molecule has 0 atom stereocenters. The lowest BCUT2D eigenvalue weighted by atomic mass is 9.99. The molecule has 0 aromatic heterocycles. The van der Waals surface area contributed by atoms with Crippen LogP contribution in [0.15, 0.2) is 194 Å². The van der Waals surface area contributed by atoms with Crippen LogP contribution in [0, 0.1) is 0 Å². The second kappa shape index (κ2) is 13.2. The Balaban J connectivity index is 1.11. The summed E-state index contributed by atoms with van der Waals surface area (Å²) in [7, 11) is 0. The summed E-state index contributed by atoms with van der Waals surface area (Å²) in [6, 6.07) is 68.9. The van der Waals surface area contributed by atoms with Gasteiger partial charge in [-0.15, -0.1) is 0 Å². The van der Waals surface area contributed by atoms with Crippen LogP contribution in [-0.4, -0.2) is 0 Å². The smallest absolute Gasteiger partial charge is 0.0481 e. The maximum atomic E-state index is 2.36. The molecule has 216 valence electrons. The van der Waals surface area contributed by atoms with Crippen molar-refractivity contribution < 1.29 is 0 Å². The van der Waals surface area contributed by atoms with Crippen molar-refractivity contribution in [3.63, 3.8) is 0 Å². The number of rotatable bonds is 9. The van der Waals surface area contributed by atoms with E-state index >= 15 is 0 Å². The van der Waals surface area contributed by atoms with Crippen LogP contribution in [-0.2, 0) is 6.54 Å². The van der Waals surface area contributed by atoms with Crippen LogP contribution in [0.5, 0.6) is 0 Å². The van der Waals surface area contributed by atoms with E-state index in [2.05, 4.69) is 204 Å². The molecular formula is C43H34N2. The van der Waals surface area contributed by atoms with Gasteiger partial charge in [-0.05, 0) is 88.5 Å². The average Bonchev–Trinajstić information content (AvgIpc) is 3.13. The predicted octanol–water partition coefficient (Wildman–Crippen LogP) is 11.8. The normalized spacial score (nSPS) is 10.8. The quantitative estimate of drug-likeness (QED) is 0.168. The lowest BCUT2D eigenvalue weighted by Crippen LogP contribution is -2.16. The summed E-state index contributed by atoms with van der Waals surface area (Å²) < 4.78 is 0. The van der Waals surface area contributed by atoms with Gasteiger partial charge >= 0.3 is 0 Å². The number of nitrogens with zero attached hydrogens (tertiary/aromatic N) is 2. The van der Waals surface area contributed by atoms with Gasteiger partial charge in [0.05, 0.1) is 0 Å². The van der Waals surface area contributed by atoms with E-state index < -0.39 is 0 Å². The lowest BCUT2D eigenvalue weighted by molar-refractivity contribution is 0.975. The molecule has 0 bridgehead atoms. The van der Waals surface area contributed by atoms with Crippen LogP contribution in [0.3, 0.4) is 0 Å². The van der Waals surface area contributed by atoms with E-state index in [-0.39, 0.29) is 0 Å². The van der Waals surface area contributed by atoms with E-state index in [0.29, 0.717) is 0 Å². The fraction of sp³-hybridized carbons (Fsp3) is 0.0233. The molecule has 0 spiro atoms. The molecule has 2 nitrogen and oxygen atoms in total. The summed E-state index contributed by atoms with van der Waals surface area (Å²) in [6.45, 7) is 0.812. The maximum absolute atomic E-state index is 2.36. The maximum Gasteiger partial charge on any atom is 0.0481 e. The molecule has 0 aliphatic heterocycles. The molecule has 0 N–H and O–H groups in total. The second-order valence-electron chi connectivity index (χ2n) is 11.1. The first-order chi connectivity index (χ1) is 22.3. The zero-order chi connectivity index (χ0) is 30.3. The van der Waals surface area contributed by atoms with E-state index in [1.807, 2.05) is 0 Å². The van der Waals surface area contributed by atoms with Gasteiger partial charge in [-0.2, -0.15) is 0 Å². The summed E-state index contributed by atoms with van der Waals surface area (Å²) >= 11 is 0. The fourth-order valence-corrected chi connectivity index (χ4v) is 5.80. The van der Waals surface area contributed by atoms with Gasteiger partial charge in [-0.3, -0.25) is 0 Å². The number of hydrogen-bond donors (Lipinski definition) is 0. The second-order valence-corrected chi connectivity index (χ2v) is 11.1. The highest BCUT2D eigenvalue weighted by Gasteiger charge is 2.13. The van der Waals surface area contributed by atoms with Crippen LogP contribution < -0.4 is 9.80 Å². The predicted molar refractivity (Wildman–Crippen MR) is 191 cm³/mol. The van der Waals surface area contributed by atoms with E-state index in [9.17, 15) is 0 Å². The van der Waals surface area contributed by atoms with Crippen molar-refractivity contribution in [1.82, 2.24) is 0 Å². The number of anilines is 5. The standard InChI is InChI=1S/C43H34N2/c1-5-13-34(14-6-1)33-44(39-15-7-2-8-16-39)40-29-25-37(26-30-40)35-21-23-36(24-22-35)38-27-31-43(32-28-38)45(41-17-9-3-10-18-41)42-19-11-4-12-20-42/h1-32H,33H2. The Kier molecular flexibility index (Phi) is 8.19. The highest BCUT2D eigenvalue weighted by atomic mass is 15.1. The van der Waals surface area contributed by atoms with Crippen molar-refractivity contribution in [3.8, 4) is 22.3 Å². The first-order valence-corrected chi connectivity index (χ1v) is 15.4. The molecule has 45 heavy (non-hydrogen) atoms. The topological polar surface area (TPSA) is 6.48 Å². The van der Waals surface area contributed by atoms with Crippen molar-refractivity contribution in [3.05, 3.63) is 200 Å². The Morgan fingerprint density at radius 3 is 0.978 bits per heavy atom. The van der Waals surface area contributed by atoms with Crippen LogP contribution in [0.25, 0.3) is 22.3 Å². The molecule has 0 unspecified atom stereocenters. The van der Waals surface area contributed by atoms with Gasteiger partial charge in [0.15, 0.2) is 0 Å². The molecule has 0 fully saturated rings. The minimum atomic E-state index is 0.812. The van der Waals surface area contributed by atoms with Crippen molar-refractivity contribution >= 4 is 28.4 Å². The number of hydrogen-bond acceptors (Lipinski definition) is 2. The Labute approximate surface area is 266 Å². The summed E-state index contributed by atoms with van der Waals surface area (Å²) in [6.07, 6.45) is 0. The Bertz CT molecular complexity index is 1880.